The van der Waals surface area contributed by atoms with Crippen molar-refractivity contribution >= 4 is 15.9 Å². The maximum Gasteiger partial charge on any atom is 0.160 e. The summed E-state index contributed by atoms with van der Waals surface area (Å²) < 4.78 is 11.0. The van der Waals surface area contributed by atoms with E-state index in [-0.39, 0.29) is 6.04 Å². The molecule has 0 radical (unpaired) electrons. The number of anilines is 1. The lowest BCUT2D eigenvalue weighted by atomic mass is 10.2. The van der Waals surface area contributed by atoms with Crippen LogP contribution in [-0.2, 0) is 9.47 Å². The van der Waals surface area contributed by atoms with Crippen molar-refractivity contribution in [3.8, 4) is 0 Å². The molecule has 90 valence electrons. The second-order valence-corrected chi connectivity index (χ2v) is 5.29. The smallest absolute Gasteiger partial charge is 0.160 e. The lowest BCUT2D eigenvalue weighted by Gasteiger charge is -2.36. The van der Waals surface area contributed by atoms with Crippen LogP contribution < -0.4 is 5.32 Å². The van der Waals surface area contributed by atoms with Gasteiger partial charge in [-0.3, -0.25) is 0 Å². The molecule has 0 aliphatic rings. The van der Waals surface area contributed by atoms with E-state index in [2.05, 4.69) is 24.4 Å². The molecule has 0 aliphatic heterocycles. The van der Waals surface area contributed by atoms with E-state index in [9.17, 15) is 0 Å². The molecule has 1 unspecified atom stereocenters. The molecule has 16 heavy (non-hydrogen) atoms. The minimum Gasteiger partial charge on any atom is -0.377 e. The number of methoxy groups -OCH3 is 2. The van der Waals surface area contributed by atoms with Gasteiger partial charge in [-0.25, -0.2) is 0 Å². The van der Waals surface area contributed by atoms with Crippen molar-refractivity contribution in [1.29, 1.82) is 0 Å². The average molecular weight is 239 g/mol. The van der Waals surface area contributed by atoms with E-state index in [1.54, 1.807) is 14.2 Å². The van der Waals surface area contributed by atoms with Gasteiger partial charge in [-0.05, 0) is 18.6 Å². The van der Waals surface area contributed by atoms with Gasteiger partial charge in [0.25, 0.3) is 0 Å². The maximum atomic E-state index is 5.49. The Bertz CT molecular complexity index is 301. The molecule has 0 saturated carbocycles. The molecule has 0 amide bonds. The minimum atomic E-state index is -0.468. The molecule has 0 heterocycles. The molecule has 1 N–H and O–H groups in total. The van der Waals surface area contributed by atoms with E-state index in [0.717, 1.165) is 22.4 Å². The molecule has 3 nitrogen and oxygen atoms in total. The minimum absolute atomic E-state index is 0.177. The number of rotatable bonds is 6. The van der Waals surface area contributed by atoms with Gasteiger partial charge in [-0.15, -0.1) is 0 Å². The van der Waals surface area contributed by atoms with Gasteiger partial charge < -0.3 is 14.8 Å². The number of para-hydroxylation sites is 1. The fourth-order valence-electron chi connectivity index (χ4n) is 1.71. The van der Waals surface area contributed by atoms with Gasteiger partial charge in [0, 0.05) is 19.9 Å². The summed E-state index contributed by atoms with van der Waals surface area (Å²) in [4.78, 5) is 0. The molecule has 0 aromatic heterocycles. The summed E-state index contributed by atoms with van der Waals surface area (Å²) in [6, 6.07) is 10.3. The van der Waals surface area contributed by atoms with Crippen molar-refractivity contribution in [3.05, 3.63) is 30.3 Å². The van der Waals surface area contributed by atoms with Gasteiger partial charge in [0.2, 0.25) is 0 Å². The Balaban J connectivity index is 2.76. The lowest BCUT2D eigenvalue weighted by Crippen LogP contribution is -2.50. The highest BCUT2D eigenvalue weighted by atomic mass is 28.1. The molecule has 4 heteroatoms. The predicted molar refractivity (Wildman–Crippen MR) is 70.8 cm³/mol. The summed E-state index contributed by atoms with van der Waals surface area (Å²) >= 11 is 0. The second kappa shape index (κ2) is 6.03. The maximum absolute atomic E-state index is 5.49. The van der Waals surface area contributed by atoms with Gasteiger partial charge in [-0.2, -0.15) is 0 Å². The van der Waals surface area contributed by atoms with Crippen LogP contribution >= 0.6 is 0 Å². The van der Waals surface area contributed by atoms with Crippen LogP contribution in [-0.4, -0.2) is 35.9 Å². The van der Waals surface area contributed by atoms with Crippen molar-refractivity contribution in [3.63, 3.8) is 0 Å². The topological polar surface area (TPSA) is 30.5 Å². The summed E-state index contributed by atoms with van der Waals surface area (Å²) in [5.74, 6) is 0. The van der Waals surface area contributed by atoms with Crippen LogP contribution in [0.2, 0.25) is 0 Å². The summed E-state index contributed by atoms with van der Waals surface area (Å²) in [7, 11) is 4.22. The third kappa shape index (κ3) is 3.07. The van der Waals surface area contributed by atoms with Crippen LogP contribution in [0.25, 0.3) is 0 Å². The first-order chi connectivity index (χ1) is 7.66. The summed E-state index contributed by atoms with van der Waals surface area (Å²) in [5, 5.41) is 3.46. The Kier molecular flexibility index (Phi) is 4.98. The largest absolute Gasteiger partial charge is 0.377 e. The SMILES string of the molecule is CCC(Nc1ccccc1)C([SiH3])(OC)OC. The molecule has 1 aromatic rings. The average Bonchev–Trinajstić information content (AvgIpc) is 2.36. The Morgan fingerprint density at radius 3 is 2.25 bits per heavy atom. The van der Waals surface area contributed by atoms with Crippen molar-refractivity contribution in [1.82, 2.24) is 0 Å². The van der Waals surface area contributed by atoms with E-state index < -0.39 is 5.41 Å². The summed E-state index contributed by atoms with van der Waals surface area (Å²) in [5.41, 5.74) is 0.633. The number of hydrogen-bond donors (Lipinski definition) is 1. The Morgan fingerprint density at radius 1 is 1.25 bits per heavy atom. The molecule has 0 saturated heterocycles. The Morgan fingerprint density at radius 2 is 1.81 bits per heavy atom. The first kappa shape index (κ1) is 13.2. The van der Waals surface area contributed by atoms with Crippen molar-refractivity contribution in [2.45, 2.75) is 24.8 Å². The van der Waals surface area contributed by atoms with E-state index in [0.29, 0.717) is 0 Å². The molecule has 0 aliphatic carbocycles. The quantitative estimate of drug-likeness (QED) is 0.597. The molecule has 1 rings (SSSR count). The fourth-order valence-corrected chi connectivity index (χ4v) is 2.26. The first-order valence-electron chi connectivity index (χ1n) is 5.58. The van der Waals surface area contributed by atoms with E-state index >= 15 is 0 Å². The van der Waals surface area contributed by atoms with Crippen molar-refractivity contribution in [2.75, 3.05) is 19.5 Å². The van der Waals surface area contributed by atoms with Gasteiger partial charge in [0.1, 0.15) is 0 Å². The normalized spacial score (nSPS) is 13.7. The van der Waals surface area contributed by atoms with Gasteiger partial charge in [-0.1, -0.05) is 25.1 Å². The van der Waals surface area contributed by atoms with Crippen LogP contribution in [0.3, 0.4) is 0 Å². The van der Waals surface area contributed by atoms with Gasteiger partial charge in [0.15, 0.2) is 5.41 Å². The second-order valence-electron chi connectivity index (χ2n) is 3.90. The third-order valence-corrected chi connectivity index (χ3v) is 4.48. The molecule has 0 spiro atoms. The Labute approximate surface area is 101 Å². The van der Waals surface area contributed by atoms with Crippen molar-refractivity contribution < 1.29 is 9.47 Å². The van der Waals surface area contributed by atoms with E-state index in [1.807, 2.05) is 18.2 Å². The predicted octanol–water partition coefficient (Wildman–Crippen LogP) is 1.19. The molecule has 0 bridgehead atoms. The van der Waals surface area contributed by atoms with E-state index in [4.69, 9.17) is 9.47 Å². The molecule has 1 aromatic carbocycles. The van der Waals surface area contributed by atoms with Crippen LogP contribution in [0.15, 0.2) is 30.3 Å². The lowest BCUT2D eigenvalue weighted by molar-refractivity contribution is -0.152. The first-order valence-corrected chi connectivity index (χ1v) is 6.58. The van der Waals surface area contributed by atoms with Crippen LogP contribution in [0.1, 0.15) is 13.3 Å². The molecular weight excluding hydrogens is 218 g/mol. The highest BCUT2D eigenvalue weighted by Gasteiger charge is 2.32. The van der Waals surface area contributed by atoms with Crippen LogP contribution in [0.4, 0.5) is 5.69 Å². The molecular formula is C12H21NO2Si. The summed E-state index contributed by atoms with van der Waals surface area (Å²) in [6.45, 7) is 2.13. The zero-order valence-corrected chi connectivity index (χ0v) is 12.5. The van der Waals surface area contributed by atoms with Gasteiger partial charge >= 0.3 is 0 Å². The summed E-state index contributed by atoms with van der Waals surface area (Å²) in [6.07, 6.45) is 0.958. The highest BCUT2D eigenvalue weighted by molar-refractivity contribution is 6.14. The zero-order valence-electron chi connectivity index (χ0n) is 10.5. The number of nitrogens with one attached hydrogen (secondary N) is 1. The van der Waals surface area contributed by atoms with Crippen molar-refractivity contribution in [2.24, 2.45) is 0 Å². The van der Waals surface area contributed by atoms with Crippen LogP contribution in [0.5, 0.6) is 0 Å². The Hall–Kier alpha value is -0.843. The zero-order chi connectivity index (χ0) is 12.0. The monoisotopic (exact) mass is 239 g/mol. The fraction of sp³-hybridized carbons (Fsp3) is 0.500. The standard InChI is InChI=1S/C12H21NO2Si/c1-4-11(12(16,14-2)15-3)13-10-8-6-5-7-9-10/h5-9,11,13H,4H2,1-3,16H3. The van der Waals surface area contributed by atoms with Crippen LogP contribution in [0, 0.1) is 0 Å². The highest BCUT2D eigenvalue weighted by Crippen LogP contribution is 2.19. The molecule has 0 fully saturated rings. The number of ether oxygens (including phenoxy) is 2. The third-order valence-electron chi connectivity index (χ3n) is 2.97. The van der Waals surface area contributed by atoms with E-state index in [1.165, 1.54) is 0 Å². The number of hydrogen-bond acceptors (Lipinski definition) is 3. The van der Waals surface area contributed by atoms with Gasteiger partial charge in [0.05, 0.1) is 16.3 Å². The number of benzene rings is 1. The molecule has 1 atom stereocenters.